The number of hydrogen-bond donors (Lipinski definition) is 14. The van der Waals surface area contributed by atoms with Gasteiger partial charge in [0.15, 0.2) is 0 Å². The number of amides is 9. The number of carboxylic acid groups (broad SMARTS) is 2. The largest absolute Gasteiger partial charge is 0.481 e. The topological polar surface area (TPSA) is 417 Å². The average Bonchev–Trinajstić information content (AvgIpc) is 3.26. The van der Waals surface area contributed by atoms with E-state index in [4.69, 9.17) is 11.5 Å². The summed E-state index contributed by atoms with van der Waals surface area (Å²) in [6.45, 7) is 11.1. The molecular weight excluding hydrogens is 909 g/mol. The highest BCUT2D eigenvalue weighted by Crippen LogP contribution is 2.12. The molecule has 0 fully saturated rings. The second-order valence-electron chi connectivity index (χ2n) is 17.5. The van der Waals surface area contributed by atoms with Gasteiger partial charge in [-0.15, -0.1) is 0 Å². The molecule has 11 atom stereocenters. The van der Waals surface area contributed by atoms with E-state index in [-0.39, 0.29) is 25.2 Å². The Kier molecular flexibility index (Phi) is 25.5. The average molecular weight is 979 g/mol. The second kappa shape index (κ2) is 29.2. The van der Waals surface area contributed by atoms with Crippen LogP contribution >= 0.6 is 0 Å². The van der Waals surface area contributed by atoms with E-state index in [1.807, 2.05) is 5.32 Å². The van der Waals surface area contributed by atoms with E-state index in [0.29, 0.717) is 0 Å². The van der Waals surface area contributed by atoms with Crippen LogP contribution in [-0.4, -0.2) is 153 Å². The molecule has 0 aliphatic heterocycles. The first-order valence-corrected chi connectivity index (χ1v) is 22.4. The zero-order chi connectivity index (χ0) is 52.9. The molecule has 0 aliphatic carbocycles. The number of hydrogen-bond acceptors (Lipinski definition) is 14. The highest BCUT2D eigenvalue weighted by atomic mass is 16.4. The Hall–Kier alpha value is -6.73. The Balaban J connectivity index is 3.21. The number of nitrogens with one attached hydrogen (secondary N) is 8. The van der Waals surface area contributed by atoms with Gasteiger partial charge in [0, 0.05) is 0 Å². The van der Waals surface area contributed by atoms with E-state index in [9.17, 15) is 73.2 Å². The third-order valence-corrected chi connectivity index (χ3v) is 10.7. The number of nitrogens with two attached hydrogens (primary N) is 2. The Morgan fingerprint density at radius 3 is 1.54 bits per heavy atom. The van der Waals surface area contributed by atoms with Crippen molar-refractivity contribution in [2.75, 3.05) is 6.61 Å². The number of primary amides is 1. The lowest BCUT2D eigenvalue weighted by atomic mass is 9.96. The first-order chi connectivity index (χ1) is 32.1. The smallest absolute Gasteiger partial charge is 0.326 e. The molecule has 16 N–H and O–H groups in total. The molecule has 1 aromatic rings. The molecule has 1 aromatic carbocycles. The van der Waals surface area contributed by atoms with E-state index in [1.54, 1.807) is 51.1 Å². The molecule has 9 amide bonds. The summed E-state index contributed by atoms with van der Waals surface area (Å²) in [5.74, 6) is -13.8. The quantitative estimate of drug-likeness (QED) is 0.0349. The Bertz CT molecular complexity index is 1970. The lowest BCUT2D eigenvalue weighted by molar-refractivity contribution is -0.144. The van der Waals surface area contributed by atoms with Crippen LogP contribution in [0.1, 0.15) is 86.6 Å². The summed E-state index contributed by atoms with van der Waals surface area (Å²) in [7, 11) is 0. The summed E-state index contributed by atoms with van der Waals surface area (Å²) >= 11 is 0. The van der Waals surface area contributed by atoms with Crippen molar-refractivity contribution in [1.82, 2.24) is 42.5 Å². The highest BCUT2D eigenvalue weighted by Gasteiger charge is 2.38. The maximum Gasteiger partial charge on any atom is 0.326 e. The van der Waals surface area contributed by atoms with Gasteiger partial charge in [0.1, 0.15) is 48.3 Å². The molecule has 69 heavy (non-hydrogen) atoms. The van der Waals surface area contributed by atoms with Crippen molar-refractivity contribution in [3.63, 3.8) is 0 Å². The second-order valence-corrected chi connectivity index (χ2v) is 17.5. The third-order valence-electron chi connectivity index (χ3n) is 10.7. The number of benzene rings is 1. The van der Waals surface area contributed by atoms with E-state index in [0.717, 1.165) is 19.4 Å². The first kappa shape index (κ1) is 60.3. The van der Waals surface area contributed by atoms with Crippen LogP contribution < -0.4 is 54.0 Å². The van der Waals surface area contributed by atoms with Gasteiger partial charge in [-0.1, -0.05) is 78.3 Å². The predicted molar refractivity (Wildman–Crippen MR) is 245 cm³/mol. The van der Waals surface area contributed by atoms with Crippen LogP contribution in [0, 0.1) is 17.8 Å². The van der Waals surface area contributed by atoms with Gasteiger partial charge in [-0.05, 0) is 50.0 Å². The molecule has 0 radical (unpaired) electrons. The summed E-state index contributed by atoms with van der Waals surface area (Å²) in [5, 5.41) is 58.3. The van der Waals surface area contributed by atoms with Crippen molar-refractivity contribution in [1.29, 1.82) is 0 Å². The molecule has 1 rings (SSSR count). The number of rotatable bonds is 30. The molecule has 25 nitrogen and oxygen atoms in total. The maximum absolute atomic E-state index is 13.8. The monoisotopic (exact) mass is 979 g/mol. The van der Waals surface area contributed by atoms with Crippen molar-refractivity contribution in [3.05, 3.63) is 35.9 Å². The molecule has 0 aromatic heterocycles. The molecule has 0 spiro atoms. The van der Waals surface area contributed by atoms with Crippen molar-refractivity contribution >= 4 is 65.1 Å². The SMILES string of the molecule is CC[C@H](C)[C@H](NC(=O)[C@@H](NC(=O)[C@@H](NC(=O)[C@H](CO)NC(=O)[C@H](CC(C)C)NC(=O)[C@@H](N)Cc1ccccc1)C(C)C)[C@@H](C)O)C(=O)N[C@@H](CC(=O)O)C(=O)N[C@@H](C)C(=O)N[C@@H](CC(N)=O)C(=O)O. The Labute approximate surface area is 399 Å². The van der Waals surface area contributed by atoms with E-state index in [2.05, 4.69) is 37.2 Å². The van der Waals surface area contributed by atoms with Crippen LogP contribution in [0.2, 0.25) is 0 Å². The summed E-state index contributed by atoms with van der Waals surface area (Å²) in [6, 6.07) is -4.79. The fourth-order valence-electron chi connectivity index (χ4n) is 6.51. The van der Waals surface area contributed by atoms with Crippen LogP contribution in [0.4, 0.5) is 0 Å². The number of aliphatic hydroxyl groups is 2. The minimum absolute atomic E-state index is 0.118. The van der Waals surface area contributed by atoms with Gasteiger partial charge in [0.25, 0.3) is 0 Å². The molecular formula is C44H70N10O15. The van der Waals surface area contributed by atoms with Gasteiger partial charge in [0.05, 0.1) is 31.6 Å². The summed E-state index contributed by atoms with van der Waals surface area (Å²) < 4.78 is 0. The first-order valence-electron chi connectivity index (χ1n) is 22.4. The lowest BCUT2D eigenvalue weighted by Crippen LogP contribution is -2.63. The third kappa shape index (κ3) is 21.0. The van der Waals surface area contributed by atoms with Crippen LogP contribution in [0.15, 0.2) is 30.3 Å². The summed E-state index contributed by atoms with van der Waals surface area (Å²) in [5.41, 5.74) is 11.9. The number of aliphatic carboxylic acids is 2. The fraction of sp³-hybridized carbons (Fsp3) is 0.614. The molecule has 386 valence electrons. The van der Waals surface area contributed by atoms with E-state index in [1.165, 1.54) is 20.8 Å². The van der Waals surface area contributed by atoms with Gasteiger partial charge in [0.2, 0.25) is 53.2 Å². The van der Waals surface area contributed by atoms with Gasteiger partial charge in [-0.25, -0.2) is 4.79 Å². The Morgan fingerprint density at radius 1 is 0.565 bits per heavy atom. The van der Waals surface area contributed by atoms with Crippen molar-refractivity contribution in [3.8, 4) is 0 Å². The van der Waals surface area contributed by atoms with Crippen LogP contribution in [0.5, 0.6) is 0 Å². The molecule has 0 saturated carbocycles. The van der Waals surface area contributed by atoms with Crippen LogP contribution in [0.3, 0.4) is 0 Å². The zero-order valence-electron chi connectivity index (χ0n) is 40.1. The molecule has 0 aliphatic rings. The normalized spacial score (nSPS) is 16.0. The van der Waals surface area contributed by atoms with Gasteiger partial charge in [-0.2, -0.15) is 0 Å². The van der Waals surface area contributed by atoms with Crippen molar-refractivity contribution in [2.24, 2.45) is 29.2 Å². The number of carboxylic acids is 2. The van der Waals surface area contributed by atoms with Gasteiger partial charge in [-0.3, -0.25) is 47.9 Å². The maximum atomic E-state index is 13.8. The van der Waals surface area contributed by atoms with Gasteiger partial charge < -0.3 is 74.4 Å². The van der Waals surface area contributed by atoms with Crippen LogP contribution in [0.25, 0.3) is 0 Å². The van der Waals surface area contributed by atoms with Crippen LogP contribution in [-0.2, 0) is 59.2 Å². The predicted octanol–water partition coefficient (Wildman–Crippen LogP) is -3.99. The minimum Gasteiger partial charge on any atom is -0.481 e. The Morgan fingerprint density at radius 2 is 1.04 bits per heavy atom. The number of carbonyl (C=O) groups excluding carboxylic acids is 9. The molecule has 0 saturated heterocycles. The highest BCUT2D eigenvalue weighted by molar-refractivity contribution is 5.99. The van der Waals surface area contributed by atoms with E-state index >= 15 is 0 Å². The van der Waals surface area contributed by atoms with Crippen molar-refractivity contribution < 1.29 is 73.2 Å². The zero-order valence-corrected chi connectivity index (χ0v) is 40.1. The molecule has 0 unspecified atom stereocenters. The van der Waals surface area contributed by atoms with Crippen molar-refractivity contribution in [2.45, 2.75) is 148 Å². The number of carbonyl (C=O) groups is 11. The van der Waals surface area contributed by atoms with Gasteiger partial charge >= 0.3 is 11.9 Å². The van der Waals surface area contributed by atoms with E-state index < -0.39 is 157 Å². The molecule has 25 heteroatoms. The fourth-order valence-corrected chi connectivity index (χ4v) is 6.51. The summed E-state index contributed by atoms with van der Waals surface area (Å²) in [4.78, 5) is 142. The standard InChI is InChI=1S/C44H70N10O15/c1-9-22(6)34(42(66)49-28(18-32(58)59)38(62)47-23(7)36(60)50-29(44(68)69)17-31(46)57)53-43(67)35(24(8)56)54-41(65)33(21(4)5)52-40(64)30(19-55)51-39(63)27(15-20(2)3)48-37(61)26(45)16-25-13-11-10-12-14-25/h10-14,20-24,26-30,33-35,55-56H,9,15-19,45H2,1-8H3,(H2,46,57)(H,47,62)(H,48,61)(H,49,66)(H,50,60)(H,51,63)(H,52,64)(H,53,67)(H,54,65)(H,58,59)(H,68,69)/t22-,23-,24+,26-,27-,28-,29-,30-,33-,34-,35-/m0/s1. The minimum atomic E-state index is -1.87. The lowest BCUT2D eigenvalue weighted by Gasteiger charge is -2.30. The number of aliphatic hydroxyl groups excluding tert-OH is 2. The summed E-state index contributed by atoms with van der Waals surface area (Å²) in [6.07, 6.45) is -2.92. The molecule has 0 heterocycles. The molecule has 0 bridgehead atoms.